The van der Waals surface area contributed by atoms with Crippen LogP contribution in [0.4, 0.5) is 10.1 Å². The molecule has 122 valence electrons. The van der Waals surface area contributed by atoms with E-state index in [1.807, 2.05) is 25.1 Å². The Labute approximate surface area is 137 Å². The molecule has 0 saturated heterocycles. The van der Waals surface area contributed by atoms with Crippen LogP contribution in [0, 0.1) is 5.82 Å². The fraction of sp³-hybridized carbons (Fsp3) is 0.316. The number of hydrogen-bond donors (Lipinski definition) is 1. The van der Waals surface area contributed by atoms with E-state index in [1.165, 1.54) is 17.7 Å². The zero-order valence-corrected chi connectivity index (χ0v) is 13.8. The third-order valence-corrected chi connectivity index (χ3v) is 4.16. The first-order chi connectivity index (χ1) is 11.0. The van der Waals surface area contributed by atoms with Crippen LogP contribution in [0.3, 0.4) is 0 Å². The van der Waals surface area contributed by atoms with Gasteiger partial charge in [-0.2, -0.15) is 0 Å². The largest absolute Gasteiger partial charge is 0.376 e. The number of amides is 1. The molecule has 0 radical (unpaired) electrons. The van der Waals surface area contributed by atoms with Crippen molar-refractivity contribution >= 4 is 11.6 Å². The van der Waals surface area contributed by atoms with Gasteiger partial charge in [0.2, 0.25) is 5.91 Å². The molecule has 0 aliphatic heterocycles. The van der Waals surface area contributed by atoms with Crippen LogP contribution in [0.1, 0.15) is 31.0 Å². The Morgan fingerprint density at radius 2 is 1.83 bits per heavy atom. The molecule has 23 heavy (non-hydrogen) atoms. The van der Waals surface area contributed by atoms with Gasteiger partial charge in [-0.1, -0.05) is 37.3 Å². The Bertz CT molecular complexity index is 655. The lowest BCUT2D eigenvalue weighted by Crippen LogP contribution is -2.34. The summed E-state index contributed by atoms with van der Waals surface area (Å²) in [6.07, 6.45) is 0.916. The Kier molecular flexibility index (Phi) is 5.74. The monoisotopic (exact) mass is 314 g/mol. The van der Waals surface area contributed by atoms with Gasteiger partial charge in [0.15, 0.2) is 0 Å². The van der Waals surface area contributed by atoms with E-state index in [0.29, 0.717) is 0 Å². The van der Waals surface area contributed by atoms with Crippen molar-refractivity contribution in [1.82, 2.24) is 4.90 Å². The summed E-state index contributed by atoms with van der Waals surface area (Å²) >= 11 is 0. The number of carbonyl (C=O) groups excluding carboxylic acids is 1. The van der Waals surface area contributed by atoms with Gasteiger partial charge in [-0.15, -0.1) is 0 Å². The molecular weight excluding hydrogens is 291 g/mol. The van der Waals surface area contributed by atoms with Crippen LogP contribution >= 0.6 is 0 Å². The number of hydrogen-bond acceptors (Lipinski definition) is 2. The second kappa shape index (κ2) is 7.77. The summed E-state index contributed by atoms with van der Waals surface area (Å²) in [5.41, 5.74) is 3.09. The first kappa shape index (κ1) is 17.0. The molecule has 2 rings (SSSR count). The Morgan fingerprint density at radius 3 is 2.48 bits per heavy atom. The van der Waals surface area contributed by atoms with E-state index in [2.05, 4.69) is 18.3 Å². The second-order valence-corrected chi connectivity index (χ2v) is 5.60. The summed E-state index contributed by atoms with van der Waals surface area (Å²) in [7, 11) is 1.77. The van der Waals surface area contributed by atoms with Gasteiger partial charge in [-0.25, -0.2) is 4.39 Å². The molecule has 0 bridgehead atoms. The minimum absolute atomic E-state index is 0.00673. The zero-order chi connectivity index (χ0) is 16.8. The van der Waals surface area contributed by atoms with E-state index in [-0.39, 0.29) is 24.3 Å². The molecule has 0 aliphatic carbocycles. The highest BCUT2D eigenvalue weighted by atomic mass is 19.1. The SMILES string of the molecule is CCc1ccccc1NCC(=O)N(C)C(C)c1ccc(F)cc1. The summed E-state index contributed by atoms with van der Waals surface area (Å²) in [5, 5.41) is 3.21. The predicted molar refractivity (Wildman–Crippen MR) is 91.9 cm³/mol. The molecule has 0 aromatic heterocycles. The molecule has 2 aromatic carbocycles. The summed E-state index contributed by atoms with van der Waals surface area (Å²) in [4.78, 5) is 14.1. The quantitative estimate of drug-likeness (QED) is 0.873. The first-order valence-corrected chi connectivity index (χ1v) is 7.85. The van der Waals surface area contributed by atoms with Crippen LogP contribution in [0.2, 0.25) is 0 Å². The molecule has 0 spiro atoms. The van der Waals surface area contributed by atoms with Crippen LogP contribution in [-0.4, -0.2) is 24.4 Å². The van der Waals surface area contributed by atoms with E-state index >= 15 is 0 Å². The Morgan fingerprint density at radius 1 is 1.17 bits per heavy atom. The van der Waals surface area contributed by atoms with Crippen LogP contribution in [0.5, 0.6) is 0 Å². The lowest BCUT2D eigenvalue weighted by molar-refractivity contribution is -0.129. The Hall–Kier alpha value is -2.36. The van der Waals surface area contributed by atoms with E-state index in [1.54, 1.807) is 24.1 Å². The number of para-hydroxylation sites is 1. The van der Waals surface area contributed by atoms with Crippen molar-refractivity contribution in [2.75, 3.05) is 18.9 Å². The normalized spacial score (nSPS) is 11.8. The number of carbonyl (C=O) groups is 1. The highest BCUT2D eigenvalue weighted by Gasteiger charge is 2.17. The number of benzene rings is 2. The van der Waals surface area contributed by atoms with Gasteiger partial charge in [0.25, 0.3) is 0 Å². The number of rotatable bonds is 6. The fourth-order valence-corrected chi connectivity index (χ4v) is 2.48. The summed E-state index contributed by atoms with van der Waals surface area (Å²) in [5.74, 6) is -0.277. The standard InChI is InChI=1S/C19H23FN2O/c1-4-15-7-5-6-8-18(15)21-13-19(23)22(3)14(2)16-9-11-17(20)12-10-16/h5-12,14,21H,4,13H2,1-3H3. The predicted octanol–water partition coefficient (Wildman–Crippen LogP) is 4.02. The third-order valence-electron chi connectivity index (χ3n) is 4.16. The van der Waals surface area contributed by atoms with Gasteiger partial charge in [0.05, 0.1) is 12.6 Å². The highest BCUT2D eigenvalue weighted by molar-refractivity contribution is 5.81. The molecule has 3 nitrogen and oxygen atoms in total. The topological polar surface area (TPSA) is 32.3 Å². The maximum Gasteiger partial charge on any atom is 0.242 e. The molecule has 0 fully saturated rings. The highest BCUT2D eigenvalue weighted by Crippen LogP contribution is 2.20. The maximum absolute atomic E-state index is 13.0. The van der Waals surface area contributed by atoms with Gasteiger partial charge >= 0.3 is 0 Å². The molecule has 2 aromatic rings. The Balaban J connectivity index is 1.98. The molecular formula is C19H23FN2O. The first-order valence-electron chi connectivity index (χ1n) is 7.85. The van der Waals surface area contributed by atoms with Crippen molar-refractivity contribution in [3.63, 3.8) is 0 Å². The van der Waals surface area contributed by atoms with E-state index < -0.39 is 0 Å². The molecule has 1 unspecified atom stereocenters. The molecule has 0 aliphatic rings. The number of halogens is 1. The number of nitrogens with one attached hydrogen (secondary N) is 1. The van der Waals surface area contributed by atoms with Gasteiger partial charge in [-0.3, -0.25) is 4.79 Å². The van der Waals surface area contributed by atoms with Gasteiger partial charge in [0.1, 0.15) is 5.82 Å². The van der Waals surface area contributed by atoms with Crippen LogP contribution in [-0.2, 0) is 11.2 Å². The summed E-state index contributed by atoms with van der Waals surface area (Å²) in [6.45, 7) is 4.26. The molecule has 1 N–H and O–H groups in total. The van der Waals surface area contributed by atoms with Crippen LogP contribution in [0.15, 0.2) is 48.5 Å². The molecule has 0 heterocycles. The minimum Gasteiger partial charge on any atom is -0.376 e. The number of aryl methyl sites for hydroxylation is 1. The van der Waals surface area contributed by atoms with Gasteiger partial charge in [0, 0.05) is 12.7 Å². The third kappa shape index (κ3) is 4.31. The molecule has 4 heteroatoms. The van der Waals surface area contributed by atoms with Crippen molar-refractivity contribution < 1.29 is 9.18 Å². The second-order valence-electron chi connectivity index (χ2n) is 5.60. The van der Waals surface area contributed by atoms with Crippen molar-refractivity contribution in [2.45, 2.75) is 26.3 Å². The summed E-state index contributed by atoms with van der Waals surface area (Å²) < 4.78 is 13.0. The number of nitrogens with zero attached hydrogens (tertiary/aromatic N) is 1. The van der Waals surface area contributed by atoms with Crippen LogP contribution in [0.25, 0.3) is 0 Å². The minimum atomic E-state index is -0.271. The van der Waals surface area contributed by atoms with Crippen molar-refractivity contribution in [3.05, 3.63) is 65.5 Å². The smallest absolute Gasteiger partial charge is 0.242 e. The fourth-order valence-electron chi connectivity index (χ4n) is 2.48. The van der Waals surface area contributed by atoms with Crippen LogP contribution < -0.4 is 5.32 Å². The van der Waals surface area contributed by atoms with Crippen molar-refractivity contribution in [1.29, 1.82) is 0 Å². The molecule has 1 atom stereocenters. The van der Waals surface area contributed by atoms with E-state index in [4.69, 9.17) is 0 Å². The molecule has 0 saturated carbocycles. The van der Waals surface area contributed by atoms with Crippen molar-refractivity contribution in [3.8, 4) is 0 Å². The lowest BCUT2D eigenvalue weighted by atomic mass is 10.1. The van der Waals surface area contributed by atoms with E-state index in [9.17, 15) is 9.18 Å². The summed E-state index contributed by atoms with van der Waals surface area (Å²) in [6, 6.07) is 14.1. The number of anilines is 1. The maximum atomic E-state index is 13.0. The lowest BCUT2D eigenvalue weighted by Gasteiger charge is -2.26. The van der Waals surface area contributed by atoms with Gasteiger partial charge in [-0.05, 0) is 42.7 Å². The van der Waals surface area contributed by atoms with Gasteiger partial charge < -0.3 is 10.2 Å². The number of likely N-dealkylation sites (N-methyl/N-ethyl adjacent to an activating group) is 1. The van der Waals surface area contributed by atoms with Crippen molar-refractivity contribution in [2.24, 2.45) is 0 Å². The molecule has 1 amide bonds. The van der Waals surface area contributed by atoms with E-state index in [0.717, 1.165) is 17.7 Å². The zero-order valence-electron chi connectivity index (χ0n) is 13.8. The average Bonchev–Trinajstić information content (AvgIpc) is 2.59. The average molecular weight is 314 g/mol.